The van der Waals surface area contributed by atoms with E-state index in [0.717, 1.165) is 19.5 Å². The van der Waals surface area contributed by atoms with Gasteiger partial charge in [-0.2, -0.15) is 0 Å². The lowest BCUT2D eigenvalue weighted by Crippen LogP contribution is -2.46. The van der Waals surface area contributed by atoms with Crippen molar-refractivity contribution in [3.8, 4) is 11.1 Å². The number of likely N-dealkylation sites (N-methyl/N-ethyl adjacent to an activating group) is 1. The van der Waals surface area contributed by atoms with Crippen molar-refractivity contribution in [3.63, 3.8) is 0 Å². The lowest BCUT2D eigenvalue weighted by Gasteiger charge is -2.34. The molecule has 0 bridgehead atoms. The lowest BCUT2D eigenvalue weighted by atomic mass is 10.0. The second-order valence-corrected chi connectivity index (χ2v) is 6.31. The first-order valence-corrected chi connectivity index (χ1v) is 8.76. The molecule has 1 N–H and O–H groups in total. The van der Waals surface area contributed by atoms with Crippen LogP contribution in [0, 0.1) is 5.82 Å². The second-order valence-electron chi connectivity index (χ2n) is 6.31. The molecule has 5 nitrogen and oxygen atoms in total. The van der Waals surface area contributed by atoms with E-state index >= 15 is 0 Å². The number of halogens is 1. The Kier molecular flexibility index (Phi) is 5.71. The molecule has 1 amide bonds. The molecule has 2 aromatic rings. The number of nitrogens with zero attached hydrogens (tertiary/aromatic N) is 3. The van der Waals surface area contributed by atoms with Gasteiger partial charge < -0.3 is 5.32 Å². The third-order valence-electron chi connectivity index (χ3n) is 4.76. The highest BCUT2D eigenvalue weighted by Crippen LogP contribution is 2.21. The number of hydrogen-bond acceptors (Lipinski definition) is 4. The molecule has 1 atom stereocenters. The maximum absolute atomic E-state index is 14.4. The quantitative estimate of drug-likeness (QED) is 0.908. The third-order valence-corrected chi connectivity index (χ3v) is 4.76. The van der Waals surface area contributed by atoms with Crippen LogP contribution in [0.4, 0.5) is 4.39 Å². The van der Waals surface area contributed by atoms with Crippen LogP contribution in [-0.4, -0.2) is 46.5 Å². The SMILES string of the molecule is CCN1CCCCC1CNC(=O)c1ccc(-c2cncnc2)cc1F. The normalized spacial score (nSPS) is 18.1. The molecule has 6 heteroatoms. The summed E-state index contributed by atoms with van der Waals surface area (Å²) in [5, 5.41) is 2.89. The highest BCUT2D eigenvalue weighted by Gasteiger charge is 2.22. The summed E-state index contributed by atoms with van der Waals surface area (Å²) in [6, 6.07) is 4.93. The van der Waals surface area contributed by atoms with Crippen LogP contribution in [0.5, 0.6) is 0 Å². The van der Waals surface area contributed by atoms with Crippen LogP contribution in [0.25, 0.3) is 11.1 Å². The average molecular weight is 342 g/mol. The molecule has 132 valence electrons. The van der Waals surface area contributed by atoms with Gasteiger partial charge in [0.25, 0.3) is 5.91 Å². The lowest BCUT2D eigenvalue weighted by molar-refractivity contribution is 0.0914. The molecule has 0 saturated carbocycles. The molecular formula is C19H23FN4O. The molecule has 1 unspecified atom stereocenters. The van der Waals surface area contributed by atoms with Crippen molar-refractivity contribution < 1.29 is 9.18 Å². The average Bonchev–Trinajstić information content (AvgIpc) is 2.67. The zero-order valence-corrected chi connectivity index (χ0v) is 14.4. The molecule has 1 fully saturated rings. The summed E-state index contributed by atoms with van der Waals surface area (Å²) in [5.41, 5.74) is 1.44. The first-order chi connectivity index (χ1) is 12.2. The Morgan fingerprint density at radius 3 is 2.80 bits per heavy atom. The van der Waals surface area contributed by atoms with Crippen molar-refractivity contribution in [2.45, 2.75) is 32.2 Å². The number of likely N-dealkylation sites (tertiary alicyclic amines) is 1. The zero-order valence-electron chi connectivity index (χ0n) is 14.4. The minimum Gasteiger partial charge on any atom is -0.350 e. The van der Waals surface area contributed by atoms with Gasteiger partial charge in [0.15, 0.2) is 0 Å². The van der Waals surface area contributed by atoms with Crippen LogP contribution >= 0.6 is 0 Å². The predicted octanol–water partition coefficient (Wildman–Crippen LogP) is 2.89. The Bertz CT molecular complexity index is 723. The van der Waals surface area contributed by atoms with E-state index in [1.54, 1.807) is 18.5 Å². The predicted molar refractivity (Wildman–Crippen MR) is 94.6 cm³/mol. The number of carbonyl (C=O) groups is 1. The molecule has 0 radical (unpaired) electrons. The van der Waals surface area contributed by atoms with Gasteiger partial charge in [0.1, 0.15) is 12.1 Å². The minimum absolute atomic E-state index is 0.0689. The Morgan fingerprint density at radius 2 is 2.08 bits per heavy atom. The standard InChI is InChI=1S/C19H23FN4O/c1-2-24-8-4-3-5-16(24)12-23-19(25)17-7-6-14(9-18(17)20)15-10-21-13-22-11-15/h6-7,9-11,13,16H,2-5,8,12H2,1H3,(H,23,25). The van der Waals surface area contributed by atoms with Gasteiger partial charge in [-0.1, -0.05) is 19.4 Å². The Labute approximate surface area is 147 Å². The van der Waals surface area contributed by atoms with Crippen LogP contribution in [0.1, 0.15) is 36.5 Å². The van der Waals surface area contributed by atoms with Gasteiger partial charge in [0, 0.05) is 30.5 Å². The number of carbonyl (C=O) groups excluding carboxylic acids is 1. The monoisotopic (exact) mass is 342 g/mol. The van der Waals surface area contributed by atoms with Crippen molar-refractivity contribution >= 4 is 5.91 Å². The van der Waals surface area contributed by atoms with Gasteiger partial charge in [0.05, 0.1) is 5.56 Å². The van der Waals surface area contributed by atoms with Crippen molar-refractivity contribution in [1.82, 2.24) is 20.2 Å². The molecule has 1 aromatic heterocycles. The zero-order chi connectivity index (χ0) is 17.6. The van der Waals surface area contributed by atoms with E-state index < -0.39 is 5.82 Å². The number of rotatable bonds is 5. The van der Waals surface area contributed by atoms with Gasteiger partial charge >= 0.3 is 0 Å². The molecule has 1 aliphatic rings. The van der Waals surface area contributed by atoms with Crippen LogP contribution in [0.2, 0.25) is 0 Å². The maximum atomic E-state index is 14.4. The number of nitrogens with one attached hydrogen (secondary N) is 1. The minimum atomic E-state index is -0.533. The molecular weight excluding hydrogens is 319 g/mol. The third kappa shape index (κ3) is 4.20. The van der Waals surface area contributed by atoms with Crippen LogP contribution < -0.4 is 5.32 Å². The Balaban J connectivity index is 1.66. The molecule has 1 aliphatic heterocycles. The molecule has 3 rings (SSSR count). The number of amides is 1. The van der Waals surface area contributed by atoms with E-state index in [4.69, 9.17) is 0 Å². The van der Waals surface area contributed by atoms with Gasteiger partial charge in [-0.25, -0.2) is 14.4 Å². The van der Waals surface area contributed by atoms with E-state index in [-0.39, 0.29) is 11.5 Å². The largest absolute Gasteiger partial charge is 0.350 e. The van der Waals surface area contributed by atoms with Gasteiger partial charge in [-0.05, 0) is 43.6 Å². The van der Waals surface area contributed by atoms with E-state index in [1.165, 1.54) is 31.3 Å². The Hall–Kier alpha value is -2.34. The van der Waals surface area contributed by atoms with Crippen molar-refractivity contribution in [3.05, 3.63) is 48.3 Å². The summed E-state index contributed by atoms with van der Waals surface area (Å²) >= 11 is 0. The van der Waals surface area contributed by atoms with E-state index in [2.05, 4.69) is 27.1 Å². The molecule has 25 heavy (non-hydrogen) atoms. The topological polar surface area (TPSA) is 58.1 Å². The molecule has 2 heterocycles. The highest BCUT2D eigenvalue weighted by atomic mass is 19.1. The second kappa shape index (κ2) is 8.16. The molecule has 1 saturated heterocycles. The van der Waals surface area contributed by atoms with Gasteiger partial charge in [-0.15, -0.1) is 0 Å². The fraction of sp³-hybridized carbons (Fsp3) is 0.421. The van der Waals surface area contributed by atoms with Crippen LogP contribution in [-0.2, 0) is 0 Å². The first kappa shape index (κ1) is 17.5. The fourth-order valence-corrected chi connectivity index (χ4v) is 3.34. The van der Waals surface area contributed by atoms with Crippen molar-refractivity contribution in [1.29, 1.82) is 0 Å². The summed E-state index contributed by atoms with van der Waals surface area (Å²) in [6.07, 6.45) is 8.11. The highest BCUT2D eigenvalue weighted by molar-refractivity contribution is 5.95. The summed E-state index contributed by atoms with van der Waals surface area (Å²) in [4.78, 5) is 22.6. The van der Waals surface area contributed by atoms with E-state index in [1.807, 2.05) is 0 Å². The van der Waals surface area contributed by atoms with Crippen LogP contribution in [0.3, 0.4) is 0 Å². The number of aromatic nitrogens is 2. The smallest absolute Gasteiger partial charge is 0.254 e. The molecule has 0 spiro atoms. The number of piperidine rings is 1. The van der Waals surface area contributed by atoms with Gasteiger partial charge in [0.2, 0.25) is 0 Å². The number of benzene rings is 1. The van der Waals surface area contributed by atoms with Gasteiger partial charge in [-0.3, -0.25) is 9.69 Å². The summed E-state index contributed by atoms with van der Waals surface area (Å²) in [5.74, 6) is -0.898. The molecule has 0 aliphatic carbocycles. The number of hydrogen-bond donors (Lipinski definition) is 1. The first-order valence-electron chi connectivity index (χ1n) is 8.76. The maximum Gasteiger partial charge on any atom is 0.254 e. The summed E-state index contributed by atoms with van der Waals surface area (Å²) < 4.78 is 14.4. The van der Waals surface area contributed by atoms with Crippen LogP contribution in [0.15, 0.2) is 36.9 Å². The van der Waals surface area contributed by atoms with E-state index in [9.17, 15) is 9.18 Å². The van der Waals surface area contributed by atoms with Crippen molar-refractivity contribution in [2.75, 3.05) is 19.6 Å². The summed E-state index contributed by atoms with van der Waals surface area (Å²) in [7, 11) is 0. The summed E-state index contributed by atoms with van der Waals surface area (Å²) in [6.45, 7) is 4.73. The van der Waals surface area contributed by atoms with Crippen molar-refractivity contribution in [2.24, 2.45) is 0 Å². The Morgan fingerprint density at radius 1 is 1.28 bits per heavy atom. The fourth-order valence-electron chi connectivity index (χ4n) is 3.34. The molecule has 1 aromatic carbocycles. The van der Waals surface area contributed by atoms with E-state index in [0.29, 0.717) is 23.7 Å².